The van der Waals surface area contributed by atoms with Crippen LogP contribution in [0, 0.1) is 11.8 Å². The second-order valence-corrected chi connectivity index (χ2v) is 10.3. The normalized spacial score (nSPS) is 28.5. The molecule has 4 rings (SSSR count). The lowest BCUT2D eigenvalue weighted by molar-refractivity contribution is -0.131. The molecule has 0 bridgehead atoms. The first-order chi connectivity index (χ1) is 15.9. The molecule has 1 aromatic carbocycles. The summed E-state index contributed by atoms with van der Waals surface area (Å²) >= 11 is 0. The van der Waals surface area contributed by atoms with Gasteiger partial charge in [0.25, 0.3) is 5.91 Å². The van der Waals surface area contributed by atoms with Gasteiger partial charge >= 0.3 is 6.03 Å². The van der Waals surface area contributed by atoms with Crippen molar-refractivity contribution in [3.05, 3.63) is 30.3 Å². The van der Waals surface area contributed by atoms with Crippen LogP contribution in [0.4, 0.5) is 10.5 Å². The van der Waals surface area contributed by atoms with Crippen LogP contribution in [-0.2, 0) is 4.79 Å². The summed E-state index contributed by atoms with van der Waals surface area (Å²) < 4.78 is 0. The first kappa shape index (κ1) is 23.6. The Morgan fingerprint density at radius 3 is 2.52 bits per heavy atom. The number of carbonyl (C=O) groups excluding carboxylic acids is 2. The first-order valence-corrected chi connectivity index (χ1v) is 12.7. The minimum Gasteiger partial charge on any atom is -0.369 e. The molecule has 33 heavy (non-hydrogen) atoms. The van der Waals surface area contributed by atoms with Gasteiger partial charge in [0.2, 0.25) is 0 Å². The molecule has 2 fully saturated rings. The number of guanidine groups is 1. The smallest absolute Gasteiger partial charge is 0.319 e. The molecule has 7 heteroatoms. The average Bonchev–Trinajstić information content (AvgIpc) is 3.03. The van der Waals surface area contributed by atoms with Gasteiger partial charge in [-0.05, 0) is 56.1 Å². The molecule has 1 heterocycles. The van der Waals surface area contributed by atoms with Crippen molar-refractivity contribution in [3.63, 3.8) is 0 Å². The SMILES string of the molecule is CN1C(=O)[C@@](CCC2CCCCC2)(CC2CCC[C@H](NC(=O)Nc3ccccc3)C2)N=C1N. The van der Waals surface area contributed by atoms with E-state index in [1.807, 2.05) is 30.3 Å². The molecule has 1 aliphatic heterocycles. The molecule has 1 aromatic rings. The maximum absolute atomic E-state index is 13.3. The number of nitrogens with zero attached hydrogens (tertiary/aromatic N) is 2. The van der Waals surface area contributed by atoms with E-state index in [0.717, 1.165) is 50.6 Å². The van der Waals surface area contributed by atoms with Gasteiger partial charge in [-0.1, -0.05) is 63.1 Å². The second-order valence-electron chi connectivity index (χ2n) is 10.3. The fourth-order valence-electron chi connectivity index (χ4n) is 6.03. The Morgan fingerprint density at radius 1 is 1.09 bits per heavy atom. The number of aliphatic imine (C=N–C) groups is 1. The zero-order chi connectivity index (χ0) is 23.3. The standard InChI is InChI=1S/C26H39N5O2/c1-31-23(32)26(30-24(31)27,16-15-19-9-4-2-5-10-19)18-20-11-8-14-22(17-20)29-25(33)28-21-12-6-3-7-13-21/h3,6-7,12-13,19-20,22H,2,4-5,8-11,14-18H2,1H3,(H2,27,30)(H2,28,29,33)/t20?,22-,26+/m0/s1. The largest absolute Gasteiger partial charge is 0.369 e. The molecule has 0 spiro atoms. The van der Waals surface area contributed by atoms with Crippen molar-refractivity contribution in [2.24, 2.45) is 22.6 Å². The van der Waals surface area contributed by atoms with Crippen LogP contribution in [0.25, 0.3) is 0 Å². The molecule has 0 radical (unpaired) electrons. The zero-order valence-electron chi connectivity index (χ0n) is 19.9. The molecular weight excluding hydrogens is 414 g/mol. The highest BCUT2D eigenvalue weighted by molar-refractivity contribution is 6.06. The number of rotatable bonds is 7. The predicted molar refractivity (Wildman–Crippen MR) is 132 cm³/mol. The second kappa shape index (κ2) is 10.6. The number of hydrogen-bond donors (Lipinski definition) is 3. The Kier molecular flexibility index (Phi) is 7.56. The Morgan fingerprint density at radius 2 is 1.82 bits per heavy atom. The average molecular weight is 454 g/mol. The number of nitrogens with one attached hydrogen (secondary N) is 2. The van der Waals surface area contributed by atoms with Crippen molar-refractivity contribution >= 4 is 23.6 Å². The van der Waals surface area contributed by atoms with E-state index in [-0.39, 0.29) is 18.0 Å². The third-order valence-electron chi connectivity index (χ3n) is 7.84. The fraction of sp³-hybridized carbons (Fsp3) is 0.654. The predicted octanol–water partition coefficient (Wildman–Crippen LogP) is 4.64. The van der Waals surface area contributed by atoms with Gasteiger partial charge in [0, 0.05) is 18.8 Å². The summed E-state index contributed by atoms with van der Waals surface area (Å²) in [5.41, 5.74) is 6.17. The third-order valence-corrected chi connectivity index (χ3v) is 7.84. The minimum atomic E-state index is -0.727. The summed E-state index contributed by atoms with van der Waals surface area (Å²) in [6.07, 6.45) is 13.0. The van der Waals surface area contributed by atoms with Gasteiger partial charge in [0.05, 0.1) is 0 Å². The van der Waals surface area contributed by atoms with E-state index >= 15 is 0 Å². The Labute approximate surface area is 197 Å². The Bertz CT molecular complexity index is 851. The van der Waals surface area contributed by atoms with Crippen LogP contribution in [0.3, 0.4) is 0 Å². The molecule has 0 aromatic heterocycles. The lowest BCUT2D eigenvalue weighted by Crippen LogP contribution is -2.45. The lowest BCUT2D eigenvalue weighted by atomic mass is 9.74. The topological polar surface area (TPSA) is 99.8 Å². The van der Waals surface area contributed by atoms with Gasteiger partial charge in [0.15, 0.2) is 5.96 Å². The highest BCUT2D eigenvalue weighted by Gasteiger charge is 2.48. The lowest BCUT2D eigenvalue weighted by Gasteiger charge is -2.35. The van der Waals surface area contributed by atoms with Crippen LogP contribution < -0.4 is 16.4 Å². The van der Waals surface area contributed by atoms with Crippen LogP contribution in [0.2, 0.25) is 0 Å². The number of para-hydroxylation sites is 1. The van der Waals surface area contributed by atoms with Crippen LogP contribution in [0.1, 0.15) is 77.0 Å². The Balaban J connectivity index is 1.37. The van der Waals surface area contributed by atoms with Gasteiger partial charge in [-0.3, -0.25) is 9.69 Å². The van der Waals surface area contributed by atoms with Gasteiger partial charge in [-0.15, -0.1) is 0 Å². The van der Waals surface area contributed by atoms with Crippen molar-refractivity contribution in [1.82, 2.24) is 10.2 Å². The maximum atomic E-state index is 13.3. The summed E-state index contributed by atoms with van der Waals surface area (Å²) in [5.74, 6) is 1.44. The minimum absolute atomic E-state index is 0.0488. The van der Waals surface area contributed by atoms with E-state index in [1.54, 1.807) is 7.05 Å². The van der Waals surface area contributed by atoms with Crippen LogP contribution in [0.5, 0.6) is 0 Å². The summed E-state index contributed by atoms with van der Waals surface area (Å²) in [7, 11) is 1.74. The highest BCUT2D eigenvalue weighted by atomic mass is 16.2. The number of amides is 3. The number of likely N-dealkylation sites (N-methyl/N-ethyl adjacent to an activating group) is 1. The van der Waals surface area contributed by atoms with Crippen molar-refractivity contribution in [2.45, 2.75) is 88.6 Å². The molecule has 1 unspecified atom stereocenters. The van der Waals surface area contributed by atoms with Crippen molar-refractivity contribution < 1.29 is 9.59 Å². The highest BCUT2D eigenvalue weighted by Crippen LogP contribution is 2.40. The summed E-state index contributed by atoms with van der Waals surface area (Å²) in [6.45, 7) is 0. The van der Waals surface area contributed by atoms with Crippen LogP contribution in [0.15, 0.2) is 35.3 Å². The van der Waals surface area contributed by atoms with Gasteiger partial charge in [0.1, 0.15) is 5.54 Å². The van der Waals surface area contributed by atoms with Gasteiger partial charge in [-0.25, -0.2) is 9.79 Å². The molecule has 2 aliphatic carbocycles. The number of hydrogen-bond acceptors (Lipinski definition) is 4. The van der Waals surface area contributed by atoms with Crippen LogP contribution in [-0.4, -0.2) is 41.4 Å². The summed E-state index contributed by atoms with van der Waals surface area (Å²) in [5, 5.41) is 6.05. The summed E-state index contributed by atoms with van der Waals surface area (Å²) in [6, 6.07) is 9.43. The van der Waals surface area contributed by atoms with Crippen LogP contribution >= 0.6 is 0 Å². The molecule has 0 saturated heterocycles. The van der Waals surface area contributed by atoms with Crippen molar-refractivity contribution in [3.8, 4) is 0 Å². The molecular formula is C26H39N5O2. The molecule has 180 valence electrons. The first-order valence-electron chi connectivity index (χ1n) is 12.7. The quantitative estimate of drug-likeness (QED) is 0.560. The van der Waals surface area contributed by atoms with Gasteiger partial charge in [-0.2, -0.15) is 0 Å². The molecule has 3 aliphatic rings. The molecule has 4 N–H and O–H groups in total. The summed E-state index contributed by atoms with van der Waals surface area (Å²) in [4.78, 5) is 32.1. The van der Waals surface area contributed by atoms with E-state index in [0.29, 0.717) is 17.8 Å². The number of nitrogens with two attached hydrogens (primary N) is 1. The number of benzene rings is 1. The van der Waals surface area contributed by atoms with E-state index < -0.39 is 5.54 Å². The third kappa shape index (κ3) is 5.87. The number of urea groups is 1. The van der Waals surface area contributed by atoms with E-state index in [2.05, 4.69) is 10.6 Å². The molecule has 7 nitrogen and oxygen atoms in total. The molecule has 2 saturated carbocycles. The fourth-order valence-corrected chi connectivity index (χ4v) is 6.03. The van der Waals surface area contributed by atoms with E-state index in [9.17, 15) is 9.59 Å². The zero-order valence-corrected chi connectivity index (χ0v) is 19.9. The Hall–Kier alpha value is -2.57. The molecule has 3 atom stereocenters. The van der Waals surface area contributed by atoms with Gasteiger partial charge < -0.3 is 16.4 Å². The number of carbonyl (C=O) groups is 2. The van der Waals surface area contributed by atoms with E-state index in [4.69, 9.17) is 10.7 Å². The van der Waals surface area contributed by atoms with Crippen molar-refractivity contribution in [1.29, 1.82) is 0 Å². The maximum Gasteiger partial charge on any atom is 0.319 e. The molecule has 3 amide bonds. The van der Waals surface area contributed by atoms with Crippen molar-refractivity contribution in [2.75, 3.05) is 12.4 Å². The monoisotopic (exact) mass is 453 g/mol. The van der Waals surface area contributed by atoms with E-state index in [1.165, 1.54) is 37.0 Å². The number of anilines is 1.